The molecule has 0 aliphatic rings. The van der Waals surface area contributed by atoms with Crippen LogP contribution in [-0.4, -0.2) is 14.5 Å². The molecule has 0 spiro atoms. The molecule has 0 aliphatic carbocycles. The van der Waals surface area contributed by atoms with Gasteiger partial charge in [-0.1, -0.05) is 0 Å². The van der Waals surface area contributed by atoms with Crippen molar-refractivity contribution in [1.29, 1.82) is 0 Å². The van der Waals surface area contributed by atoms with Crippen molar-refractivity contribution in [1.82, 2.24) is 8.75 Å². The molecule has 5 heteroatoms. The first kappa shape index (κ1) is 7.17. The fourth-order valence-corrected chi connectivity index (χ4v) is 1.22. The second-order valence-electron chi connectivity index (χ2n) is 2.13. The Morgan fingerprint density at radius 3 is 3.08 bits per heavy atom. The Kier molecular flexibility index (Phi) is 1.71. The summed E-state index contributed by atoms with van der Waals surface area (Å²) in [5, 5.41) is 0. The topological polar surface area (TPSA) is 56.0 Å². The molecule has 2 aromatic rings. The van der Waals surface area contributed by atoms with Gasteiger partial charge in [0.2, 0.25) is 5.78 Å². The number of ketones is 1. The van der Waals surface area contributed by atoms with Gasteiger partial charge in [-0.05, 0) is 6.07 Å². The molecule has 0 amide bonds. The Morgan fingerprint density at radius 1 is 1.58 bits per heavy atom. The number of hydrogen-bond donors (Lipinski definition) is 0. The van der Waals surface area contributed by atoms with Gasteiger partial charge >= 0.3 is 0 Å². The second-order valence-corrected chi connectivity index (χ2v) is 2.69. The average Bonchev–Trinajstić information content (AvgIpc) is 2.77. The minimum absolute atomic E-state index is 0.155. The van der Waals surface area contributed by atoms with Crippen LogP contribution in [0, 0.1) is 0 Å². The SMILES string of the molecule is O=C(c1ccoc1)c1cnsn1. The number of furan rings is 1. The highest BCUT2D eigenvalue weighted by Crippen LogP contribution is 2.07. The van der Waals surface area contributed by atoms with E-state index in [9.17, 15) is 4.79 Å². The second kappa shape index (κ2) is 2.86. The highest BCUT2D eigenvalue weighted by Gasteiger charge is 2.12. The lowest BCUT2D eigenvalue weighted by molar-refractivity contribution is 0.103. The fraction of sp³-hybridized carbons (Fsp3) is 0. The third-order valence-corrected chi connectivity index (χ3v) is 1.86. The summed E-state index contributed by atoms with van der Waals surface area (Å²) in [7, 11) is 0. The molecule has 0 unspecified atom stereocenters. The maximum Gasteiger partial charge on any atom is 0.217 e. The Hall–Kier alpha value is -1.49. The van der Waals surface area contributed by atoms with Crippen LogP contribution in [0.15, 0.2) is 29.2 Å². The van der Waals surface area contributed by atoms with E-state index >= 15 is 0 Å². The van der Waals surface area contributed by atoms with Crippen LogP contribution in [0.4, 0.5) is 0 Å². The van der Waals surface area contributed by atoms with Crippen LogP contribution < -0.4 is 0 Å². The van der Waals surface area contributed by atoms with E-state index in [1.165, 1.54) is 18.7 Å². The number of aromatic nitrogens is 2. The van der Waals surface area contributed by atoms with Crippen molar-refractivity contribution in [2.45, 2.75) is 0 Å². The lowest BCUT2D eigenvalue weighted by Gasteiger charge is -1.86. The monoisotopic (exact) mass is 180 g/mol. The zero-order chi connectivity index (χ0) is 8.39. The summed E-state index contributed by atoms with van der Waals surface area (Å²) in [6, 6.07) is 1.60. The summed E-state index contributed by atoms with van der Waals surface area (Å²) in [4.78, 5) is 11.4. The zero-order valence-electron chi connectivity index (χ0n) is 5.93. The van der Waals surface area contributed by atoms with Crippen molar-refractivity contribution in [3.8, 4) is 0 Å². The predicted molar refractivity (Wildman–Crippen MR) is 42.0 cm³/mol. The number of rotatable bonds is 2. The van der Waals surface area contributed by atoms with E-state index in [0.717, 1.165) is 11.7 Å². The molecule has 4 nitrogen and oxygen atoms in total. The van der Waals surface area contributed by atoms with Gasteiger partial charge in [0, 0.05) is 0 Å². The first-order chi connectivity index (χ1) is 5.88. The number of carbonyl (C=O) groups excluding carboxylic acids is 1. The lowest BCUT2D eigenvalue weighted by Crippen LogP contribution is -1.98. The third kappa shape index (κ3) is 1.14. The van der Waals surface area contributed by atoms with E-state index in [4.69, 9.17) is 4.42 Å². The Balaban J connectivity index is 2.34. The largest absolute Gasteiger partial charge is 0.472 e. The van der Waals surface area contributed by atoms with Crippen molar-refractivity contribution < 1.29 is 9.21 Å². The van der Waals surface area contributed by atoms with Crippen molar-refractivity contribution in [3.63, 3.8) is 0 Å². The molecular formula is C7H4N2O2S. The van der Waals surface area contributed by atoms with E-state index in [1.807, 2.05) is 0 Å². The van der Waals surface area contributed by atoms with Gasteiger partial charge in [-0.2, -0.15) is 8.75 Å². The molecule has 0 radical (unpaired) electrons. The molecule has 12 heavy (non-hydrogen) atoms. The van der Waals surface area contributed by atoms with E-state index < -0.39 is 0 Å². The van der Waals surface area contributed by atoms with E-state index in [1.54, 1.807) is 6.07 Å². The van der Waals surface area contributed by atoms with Gasteiger partial charge in [0.05, 0.1) is 29.8 Å². The van der Waals surface area contributed by atoms with E-state index in [2.05, 4.69) is 8.75 Å². The Labute approximate surface area is 72.2 Å². The van der Waals surface area contributed by atoms with Crippen LogP contribution in [0.3, 0.4) is 0 Å². The van der Waals surface area contributed by atoms with Crippen LogP contribution in [0.2, 0.25) is 0 Å². The van der Waals surface area contributed by atoms with Crippen molar-refractivity contribution in [2.24, 2.45) is 0 Å². The summed E-state index contributed by atoms with van der Waals surface area (Å²) in [5.41, 5.74) is 0.865. The van der Waals surface area contributed by atoms with Gasteiger partial charge in [-0.15, -0.1) is 0 Å². The van der Waals surface area contributed by atoms with Gasteiger partial charge < -0.3 is 4.42 Å². The summed E-state index contributed by atoms with van der Waals surface area (Å²) in [6.07, 6.45) is 4.29. The zero-order valence-corrected chi connectivity index (χ0v) is 6.75. The molecule has 60 valence electrons. The van der Waals surface area contributed by atoms with E-state index in [0.29, 0.717) is 11.3 Å². The lowest BCUT2D eigenvalue weighted by atomic mass is 10.2. The smallest absolute Gasteiger partial charge is 0.217 e. The van der Waals surface area contributed by atoms with Gasteiger partial charge in [-0.3, -0.25) is 4.79 Å². The molecule has 0 N–H and O–H groups in total. The first-order valence-electron chi connectivity index (χ1n) is 3.22. The molecular weight excluding hydrogens is 176 g/mol. The van der Waals surface area contributed by atoms with Crippen molar-refractivity contribution >= 4 is 17.5 Å². The average molecular weight is 180 g/mol. The minimum Gasteiger partial charge on any atom is -0.472 e. The molecule has 0 aromatic carbocycles. The standard InChI is InChI=1S/C7H4N2O2S/c10-7(5-1-2-11-4-5)6-3-8-12-9-6/h1-4H. The van der Waals surface area contributed by atoms with Gasteiger partial charge in [0.1, 0.15) is 12.0 Å². The molecule has 2 aromatic heterocycles. The normalized spacial score (nSPS) is 10.0. The molecule has 0 saturated carbocycles. The predicted octanol–water partition coefficient (Wildman–Crippen LogP) is 1.36. The maximum absolute atomic E-state index is 11.4. The van der Waals surface area contributed by atoms with Crippen LogP contribution in [0.1, 0.15) is 16.1 Å². The fourth-order valence-electron chi connectivity index (χ4n) is 0.806. The number of hydrogen-bond acceptors (Lipinski definition) is 5. The quantitative estimate of drug-likeness (QED) is 0.655. The minimum atomic E-state index is -0.155. The summed E-state index contributed by atoms with van der Waals surface area (Å²) >= 11 is 1.01. The maximum atomic E-state index is 11.4. The molecule has 0 bridgehead atoms. The van der Waals surface area contributed by atoms with Crippen molar-refractivity contribution in [2.75, 3.05) is 0 Å². The Morgan fingerprint density at radius 2 is 2.50 bits per heavy atom. The number of carbonyl (C=O) groups is 1. The van der Waals surface area contributed by atoms with Gasteiger partial charge in [0.15, 0.2) is 0 Å². The highest BCUT2D eigenvalue weighted by atomic mass is 32.1. The molecule has 2 rings (SSSR count). The third-order valence-electron chi connectivity index (χ3n) is 1.38. The molecule has 0 fully saturated rings. The van der Waals surface area contributed by atoms with Crippen LogP contribution in [0.25, 0.3) is 0 Å². The molecule has 0 saturated heterocycles. The van der Waals surface area contributed by atoms with Crippen LogP contribution in [-0.2, 0) is 0 Å². The molecule has 0 atom stereocenters. The Bertz CT molecular complexity index is 330. The summed E-state index contributed by atoms with van der Waals surface area (Å²) in [6.45, 7) is 0. The first-order valence-corrected chi connectivity index (χ1v) is 3.95. The number of nitrogens with zero attached hydrogens (tertiary/aromatic N) is 2. The van der Waals surface area contributed by atoms with E-state index in [-0.39, 0.29) is 5.78 Å². The highest BCUT2D eigenvalue weighted by molar-refractivity contribution is 6.99. The molecule has 0 aliphatic heterocycles. The van der Waals surface area contributed by atoms with Gasteiger partial charge in [0.25, 0.3) is 0 Å². The van der Waals surface area contributed by atoms with Gasteiger partial charge in [-0.25, -0.2) is 0 Å². The summed E-state index contributed by atoms with van der Waals surface area (Å²) < 4.78 is 12.3. The van der Waals surface area contributed by atoms with Crippen molar-refractivity contribution in [3.05, 3.63) is 36.0 Å². The van der Waals surface area contributed by atoms with Crippen LogP contribution >= 0.6 is 11.7 Å². The molecule has 2 heterocycles. The summed E-state index contributed by atoms with van der Waals surface area (Å²) in [5.74, 6) is -0.155. The van der Waals surface area contributed by atoms with Crippen LogP contribution in [0.5, 0.6) is 0 Å².